The minimum atomic E-state index is -0.419. The second kappa shape index (κ2) is 8.21. The topological polar surface area (TPSA) is 42.7 Å². The van der Waals surface area contributed by atoms with Gasteiger partial charge in [0, 0.05) is 24.5 Å². The third-order valence-electron chi connectivity index (χ3n) is 5.28. The lowest BCUT2D eigenvalue weighted by Crippen LogP contribution is -2.32. The van der Waals surface area contributed by atoms with Crippen LogP contribution in [0.4, 0.5) is 0 Å². The van der Waals surface area contributed by atoms with Crippen molar-refractivity contribution in [3.8, 4) is 16.9 Å². The molecule has 4 aromatic rings. The van der Waals surface area contributed by atoms with Crippen LogP contribution in [0, 0.1) is 0 Å². The maximum atomic E-state index is 12.4. The number of hydrogen-bond donors (Lipinski definition) is 0. The van der Waals surface area contributed by atoms with Gasteiger partial charge in [0.1, 0.15) is 18.1 Å². The quantitative estimate of drug-likeness (QED) is 0.309. The van der Waals surface area contributed by atoms with Crippen molar-refractivity contribution < 1.29 is 9.15 Å². The van der Waals surface area contributed by atoms with Crippen molar-refractivity contribution in [2.24, 2.45) is 0 Å². The SMILES string of the molecule is O=c1cc(-c2ccccc2)c2cc(Cl)c3c(c2o1)CN(Cc1ccc(Cl)c(Cl)c1)CO3. The van der Waals surface area contributed by atoms with E-state index >= 15 is 0 Å². The number of benzene rings is 3. The van der Waals surface area contributed by atoms with E-state index in [4.69, 9.17) is 44.0 Å². The van der Waals surface area contributed by atoms with Crippen molar-refractivity contribution >= 4 is 45.8 Å². The minimum Gasteiger partial charge on any atom is -0.476 e. The first-order chi connectivity index (χ1) is 15.0. The van der Waals surface area contributed by atoms with Gasteiger partial charge in [-0.1, -0.05) is 71.2 Å². The van der Waals surface area contributed by atoms with Crippen molar-refractivity contribution in [1.82, 2.24) is 4.90 Å². The molecule has 0 saturated carbocycles. The van der Waals surface area contributed by atoms with Crippen LogP contribution < -0.4 is 10.4 Å². The van der Waals surface area contributed by atoms with E-state index in [0.29, 0.717) is 46.2 Å². The van der Waals surface area contributed by atoms with Crippen molar-refractivity contribution in [3.63, 3.8) is 0 Å². The van der Waals surface area contributed by atoms with Crippen LogP contribution in [-0.2, 0) is 13.1 Å². The molecule has 0 bridgehead atoms. The third kappa shape index (κ3) is 3.92. The van der Waals surface area contributed by atoms with E-state index in [2.05, 4.69) is 4.90 Å². The Bertz CT molecular complexity index is 1350. The van der Waals surface area contributed by atoms with Gasteiger partial charge >= 0.3 is 5.63 Å². The lowest BCUT2D eigenvalue weighted by molar-refractivity contribution is 0.0891. The Morgan fingerprint density at radius 2 is 1.71 bits per heavy atom. The number of ether oxygens (including phenoxy) is 1. The van der Waals surface area contributed by atoms with Gasteiger partial charge < -0.3 is 9.15 Å². The molecule has 1 aromatic heterocycles. The molecular weight excluding hydrogens is 457 g/mol. The zero-order valence-corrected chi connectivity index (χ0v) is 18.5. The van der Waals surface area contributed by atoms with Gasteiger partial charge in [0.2, 0.25) is 0 Å². The fraction of sp³-hybridized carbons (Fsp3) is 0.125. The van der Waals surface area contributed by atoms with E-state index in [0.717, 1.165) is 27.6 Å². The van der Waals surface area contributed by atoms with E-state index in [-0.39, 0.29) is 0 Å². The van der Waals surface area contributed by atoms with E-state index in [9.17, 15) is 4.79 Å². The Balaban J connectivity index is 1.59. The maximum absolute atomic E-state index is 12.4. The average Bonchev–Trinajstić information content (AvgIpc) is 2.77. The van der Waals surface area contributed by atoms with Crippen LogP contribution in [0.25, 0.3) is 22.1 Å². The summed E-state index contributed by atoms with van der Waals surface area (Å²) in [6, 6.07) is 18.5. The smallest absolute Gasteiger partial charge is 0.336 e. The molecule has 156 valence electrons. The van der Waals surface area contributed by atoms with Crippen molar-refractivity contribution in [2.75, 3.05) is 6.73 Å². The van der Waals surface area contributed by atoms with E-state index < -0.39 is 5.63 Å². The molecular formula is C24H16Cl3NO3. The molecule has 0 saturated heterocycles. The Kier molecular flexibility index (Phi) is 5.40. The predicted octanol–water partition coefficient (Wildman–Crippen LogP) is 6.77. The first-order valence-corrected chi connectivity index (χ1v) is 10.8. The largest absolute Gasteiger partial charge is 0.476 e. The van der Waals surface area contributed by atoms with Gasteiger partial charge in [-0.15, -0.1) is 0 Å². The number of hydrogen-bond acceptors (Lipinski definition) is 4. The highest BCUT2D eigenvalue weighted by molar-refractivity contribution is 6.42. The lowest BCUT2D eigenvalue weighted by Gasteiger charge is -2.30. The van der Waals surface area contributed by atoms with Crippen LogP contribution in [0.1, 0.15) is 11.1 Å². The highest BCUT2D eigenvalue weighted by Crippen LogP contribution is 2.41. The lowest BCUT2D eigenvalue weighted by atomic mass is 9.99. The van der Waals surface area contributed by atoms with Gasteiger partial charge in [0.05, 0.1) is 20.6 Å². The molecule has 7 heteroatoms. The summed E-state index contributed by atoms with van der Waals surface area (Å²) in [5.41, 5.74) is 3.52. The molecule has 0 aliphatic carbocycles. The second-order valence-electron chi connectivity index (χ2n) is 7.40. The van der Waals surface area contributed by atoms with Gasteiger partial charge in [0.25, 0.3) is 0 Å². The van der Waals surface area contributed by atoms with Gasteiger partial charge in [-0.2, -0.15) is 0 Å². The molecule has 1 aliphatic rings. The fourth-order valence-corrected chi connectivity index (χ4v) is 4.49. The monoisotopic (exact) mass is 471 g/mol. The number of rotatable bonds is 3. The summed E-state index contributed by atoms with van der Waals surface area (Å²) in [5, 5.41) is 2.28. The highest BCUT2D eigenvalue weighted by atomic mass is 35.5. The first kappa shape index (κ1) is 20.4. The molecule has 0 amide bonds. The van der Waals surface area contributed by atoms with Crippen molar-refractivity contribution in [2.45, 2.75) is 13.1 Å². The van der Waals surface area contributed by atoms with Crippen LogP contribution >= 0.6 is 34.8 Å². The molecule has 2 heterocycles. The standard InChI is InChI=1S/C24H16Cl3NO3/c25-19-7-6-14(8-20(19)26)11-28-12-18-23-17(9-21(27)24(18)30-13-28)16(10-22(29)31-23)15-4-2-1-3-5-15/h1-10H,11-13H2. The summed E-state index contributed by atoms with van der Waals surface area (Å²) in [6.45, 7) is 1.45. The van der Waals surface area contributed by atoms with Gasteiger partial charge in [0.15, 0.2) is 0 Å². The Labute approximate surface area is 193 Å². The molecule has 0 atom stereocenters. The number of fused-ring (bicyclic) bond motifs is 3. The molecule has 3 aromatic carbocycles. The molecule has 0 radical (unpaired) electrons. The van der Waals surface area contributed by atoms with Crippen molar-refractivity contribution in [3.05, 3.63) is 97.3 Å². The summed E-state index contributed by atoms with van der Waals surface area (Å²) < 4.78 is 11.6. The summed E-state index contributed by atoms with van der Waals surface area (Å²) in [6.07, 6.45) is 0. The van der Waals surface area contributed by atoms with Gasteiger partial charge in [-0.3, -0.25) is 4.90 Å². The summed E-state index contributed by atoms with van der Waals surface area (Å²) >= 11 is 18.8. The molecule has 1 aliphatic heterocycles. The highest BCUT2D eigenvalue weighted by Gasteiger charge is 2.25. The van der Waals surface area contributed by atoms with E-state index in [1.165, 1.54) is 6.07 Å². The van der Waals surface area contributed by atoms with Crippen LogP contribution in [0.5, 0.6) is 5.75 Å². The average molecular weight is 473 g/mol. The zero-order valence-electron chi connectivity index (χ0n) is 16.2. The molecule has 0 unspecified atom stereocenters. The van der Waals surface area contributed by atoms with E-state index in [1.807, 2.05) is 42.5 Å². The molecule has 5 rings (SSSR count). The summed E-state index contributed by atoms with van der Waals surface area (Å²) in [7, 11) is 0. The number of halogens is 3. The molecule has 0 N–H and O–H groups in total. The normalized spacial score (nSPS) is 13.8. The first-order valence-electron chi connectivity index (χ1n) is 9.63. The van der Waals surface area contributed by atoms with Crippen LogP contribution in [-0.4, -0.2) is 11.6 Å². The second-order valence-corrected chi connectivity index (χ2v) is 8.62. The Hall–Kier alpha value is -2.50. The fourth-order valence-electron chi connectivity index (χ4n) is 3.89. The third-order valence-corrected chi connectivity index (χ3v) is 6.30. The molecule has 31 heavy (non-hydrogen) atoms. The molecule has 0 spiro atoms. The minimum absolute atomic E-state index is 0.348. The van der Waals surface area contributed by atoms with Crippen LogP contribution in [0.2, 0.25) is 15.1 Å². The Morgan fingerprint density at radius 1 is 0.903 bits per heavy atom. The molecule has 4 nitrogen and oxygen atoms in total. The predicted molar refractivity (Wildman–Crippen MR) is 124 cm³/mol. The summed E-state index contributed by atoms with van der Waals surface area (Å²) in [5.74, 6) is 0.549. The molecule has 0 fully saturated rings. The summed E-state index contributed by atoms with van der Waals surface area (Å²) in [4.78, 5) is 14.5. The van der Waals surface area contributed by atoms with Crippen LogP contribution in [0.3, 0.4) is 0 Å². The van der Waals surface area contributed by atoms with E-state index in [1.54, 1.807) is 12.1 Å². The Morgan fingerprint density at radius 3 is 2.48 bits per heavy atom. The maximum Gasteiger partial charge on any atom is 0.336 e. The van der Waals surface area contributed by atoms with Gasteiger partial charge in [-0.25, -0.2) is 4.79 Å². The van der Waals surface area contributed by atoms with Crippen molar-refractivity contribution in [1.29, 1.82) is 0 Å². The van der Waals surface area contributed by atoms with Gasteiger partial charge in [-0.05, 0) is 34.9 Å². The zero-order chi connectivity index (χ0) is 21.5. The van der Waals surface area contributed by atoms with Crippen LogP contribution in [0.15, 0.2) is 69.9 Å². The number of nitrogens with zero attached hydrogens (tertiary/aromatic N) is 1.